The molecule has 0 unspecified atom stereocenters. The van der Waals surface area contributed by atoms with Gasteiger partial charge < -0.3 is 14.7 Å². The molecule has 0 saturated heterocycles. The van der Waals surface area contributed by atoms with Crippen molar-refractivity contribution >= 4 is 5.91 Å². The Bertz CT molecular complexity index is 133. The number of ether oxygens (including phenoxy) is 1. The van der Waals surface area contributed by atoms with E-state index < -0.39 is 0 Å². The van der Waals surface area contributed by atoms with Gasteiger partial charge in [-0.2, -0.15) is 0 Å². The van der Waals surface area contributed by atoms with Crippen molar-refractivity contribution in [1.82, 2.24) is 4.90 Å². The maximum Gasteiger partial charge on any atom is 0.224 e. The van der Waals surface area contributed by atoms with Crippen LogP contribution in [0.2, 0.25) is 0 Å². The molecule has 78 valence electrons. The lowest BCUT2D eigenvalue weighted by atomic mass is 10.3. The molecule has 4 heteroatoms. The first-order valence-corrected chi connectivity index (χ1v) is 4.63. The fourth-order valence-electron chi connectivity index (χ4n) is 1.10. The van der Waals surface area contributed by atoms with Gasteiger partial charge in [0.1, 0.15) is 0 Å². The number of aliphatic hydroxyl groups excluding tert-OH is 1. The predicted octanol–water partition coefficient (Wildman–Crippen LogP) is 0.254. The van der Waals surface area contributed by atoms with Crippen LogP contribution in [0.3, 0.4) is 0 Å². The molecule has 1 N–H and O–H groups in total. The summed E-state index contributed by atoms with van der Waals surface area (Å²) in [7, 11) is 1.57. The van der Waals surface area contributed by atoms with Crippen molar-refractivity contribution in [2.75, 3.05) is 33.4 Å². The maximum absolute atomic E-state index is 11.4. The molecule has 0 aromatic heterocycles. The highest BCUT2D eigenvalue weighted by molar-refractivity contribution is 5.76. The number of amides is 1. The second-order valence-electron chi connectivity index (χ2n) is 2.85. The van der Waals surface area contributed by atoms with E-state index in [1.54, 1.807) is 12.0 Å². The summed E-state index contributed by atoms with van der Waals surface area (Å²) in [4.78, 5) is 13.1. The number of rotatable bonds is 7. The summed E-state index contributed by atoms with van der Waals surface area (Å²) in [6, 6.07) is 0. The first-order valence-electron chi connectivity index (χ1n) is 4.63. The third-order valence-electron chi connectivity index (χ3n) is 1.74. The minimum Gasteiger partial charge on any atom is -0.395 e. The minimum absolute atomic E-state index is 0.0265. The highest BCUT2D eigenvalue weighted by atomic mass is 16.5. The fourth-order valence-corrected chi connectivity index (χ4v) is 1.10. The normalized spacial score (nSPS) is 10.1. The molecule has 0 radical (unpaired) electrons. The van der Waals surface area contributed by atoms with E-state index in [0.717, 1.165) is 6.42 Å². The van der Waals surface area contributed by atoms with Gasteiger partial charge in [-0.05, 0) is 6.42 Å². The van der Waals surface area contributed by atoms with E-state index in [2.05, 4.69) is 0 Å². The van der Waals surface area contributed by atoms with E-state index in [0.29, 0.717) is 26.1 Å². The van der Waals surface area contributed by atoms with Crippen molar-refractivity contribution in [3.8, 4) is 0 Å². The van der Waals surface area contributed by atoms with Crippen LogP contribution in [-0.4, -0.2) is 49.3 Å². The zero-order chi connectivity index (χ0) is 10.1. The van der Waals surface area contributed by atoms with Crippen LogP contribution in [0.1, 0.15) is 19.8 Å². The predicted molar refractivity (Wildman–Crippen MR) is 50.4 cm³/mol. The van der Waals surface area contributed by atoms with Crippen molar-refractivity contribution in [1.29, 1.82) is 0 Å². The average molecular weight is 189 g/mol. The number of hydrogen-bond donors (Lipinski definition) is 1. The van der Waals surface area contributed by atoms with Crippen molar-refractivity contribution < 1.29 is 14.6 Å². The highest BCUT2D eigenvalue weighted by Gasteiger charge is 2.10. The second kappa shape index (κ2) is 8.01. The lowest BCUT2D eigenvalue weighted by molar-refractivity contribution is -0.132. The molecule has 0 spiro atoms. The molecule has 1 amide bonds. The molecule has 0 atom stereocenters. The first-order chi connectivity index (χ1) is 6.26. The Morgan fingerprint density at radius 3 is 2.62 bits per heavy atom. The molecule has 4 nitrogen and oxygen atoms in total. The van der Waals surface area contributed by atoms with Gasteiger partial charge in [-0.15, -0.1) is 0 Å². The molecule has 0 aromatic carbocycles. The van der Waals surface area contributed by atoms with E-state index in [1.807, 2.05) is 6.92 Å². The first kappa shape index (κ1) is 12.4. The SMILES string of the molecule is CCCN(CCO)C(=O)CCOC. The van der Waals surface area contributed by atoms with Gasteiger partial charge in [0.25, 0.3) is 0 Å². The number of carbonyl (C=O) groups is 1. The van der Waals surface area contributed by atoms with Gasteiger partial charge in [-0.25, -0.2) is 0 Å². The van der Waals surface area contributed by atoms with Crippen molar-refractivity contribution in [3.63, 3.8) is 0 Å². The summed E-state index contributed by atoms with van der Waals surface area (Å²) >= 11 is 0. The molecule has 0 saturated carbocycles. The number of nitrogens with zero attached hydrogens (tertiary/aromatic N) is 1. The molecule has 0 heterocycles. The second-order valence-corrected chi connectivity index (χ2v) is 2.85. The molecule has 0 aliphatic rings. The van der Waals surface area contributed by atoms with Gasteiger partial charge in [-0.3, -0.25) is 4.79 Å². The van der Waals surface area contributed by atoms with E-state index in [9.17, 15) is 4.79 Å². The third kappa shape index (κ3) is 5.60. The number of hydrogen-bond acceptors (Lipinski definition) is 3. The number of aliphatic hydroxyl groups is 1. The Morgan fingerprint density at radius 1 is 1.46 bits per heavy atom. The maximum atomic E-state index is 11.4. The third-order valence-corrected chi connectivity index (χ3v) is 1.74. The molecule has 0 fully saturated rings. The van der Waals surface area contributed by atoms with Crippen LogP contribution in [0.5, 0.6) is 0 Å². The summed E-state index contributed by atoms with van der Waals surface area (Å²) in [5, 5.41) is 8.71. The molecule has 0 aromatic rings. The van der Waals surface area contributed by atoms with Crippen LogP contribution in [0.15, 0.2) is 0 Å². The number of methoxy groups -OCH3 is 1. The van der Waals surface area contributed by atoms with Crippen molar-refractivity contribution in [2.24, 2.45) is 0 Å². The van der Waals surface area contributed by atoms with E-state index in [-0.39, 0.29) is 12.5 Å². The monoisotopic (exact) mass is 189 g/mol. The topological polar surface area (TPSA) is 49.8 Å². The summed E-state index contributed by atoms with van der Waals surface area (Å²) in [5.41, 5.74) is 0. The van der Waals surface area contributed by atoms with Crippen LogP contribution in [0, 0.1) is 0 Å². The molecule has 0 aliphatic carbocycles. The molecular formula is C9H19NO3. The quantitative estimate of drug-likeness (QED) is 0.624. The standard InChI is InChI=1S/C9H19NO3/c1-3-5-10(6-7-11)9(12)4-8-13-2/h11H,3-8H2,1-2H3. The Balaban J connectivity index is 3.80. The zero-order valence-corrected chi connectivity index (χ0v) is 8.45. The van der Waals surface area contributed by atoms with Gasteiger partial charge in [-0.1, -0.05) is 6.92 Å². The summed E-state index contributed by atoms with van der Waals surface area (Å²) < 4.78 is 4.81. The molecule has 0 rings (SSSR count). The van der Waals surface area contributed by atoms with Gasteiger partial charge in [0.2, 0.25) is 5.91 Å². The van der Waals surface area contributed by atoms with Crippen LogP contribution < -0.4 is 0 Å². The number of carbonyl (C=O) groups excluding carboxylic acids is 1. The molecule has 0 aliphatic heterocycles. The van der Waals surface area contributed by atoms with Crippen molar-refractivity contribution in [2.45, 2.75) is 19.8 Å². The van der Waals surface area contributed by atoms with Crippen LogP contribution in [-0.2, 0) is 9.53 Å². The van der Waals surface area contributed by atoms with Crippen LogP contribution in [0.25, 0.3) is 0 Å². The molecular weight excluding hydrogens is 170 g/mol. The van der Waals surface area contributed by atoms with Crippen molar-refractivity contribution in [3.05, 3.63) is 0 Å². The smallest absolute Gasteiger partial charge is 0.224 e. The Kier molecular flexibility index (Phi) is 7.63. The molecule has 0 bridgehead atoms. The van der Waals surface area contributed by atoms with Gasteiger partial charge in [0.05, 0.1) is 19.6 Å². The largest absolute Gasteiger partial charge is 0.395 e. The lowest BCUT2D eigenvalue weighted by Crippen LogP contribution is -2.34. The van der Waals surface area contributed by atoms with Crippen LogP contribution in [0.4, 0.5) is 0 Å². The van der Waals surface area contributed by atoms with E-state index in [4.69, 9.17) is 9.84 Å². The van der Waals surface area contributed by atoms with E-state index in [1.165, 1.54) is 0 Å². The average Bonchev–Trinajstić information content (AvgIpc) is 2.14. The fraction of sp³-hybridized carbons (Fsp3) is 0.889. The van der Waals surface area contributed by atoms with E-state index >= 15 is 0 Å². The summed E-state index contributed by atoms with van der Waals surface area (Å²) in [5.74, 6) is 0.0535. The summed E-state index contributed by atoms with van der Waals surface area (Å²) in [6.45, 7) is 3.62. The minimum atomic E-state index is 0.0265. The lowest BCUT2D eigenvalue weighted by Gasteiger charge is -2.20. The van der Waals surface area contributed by atoms with Gasteiger partial charge in [0.15, 0.2) is 0 Å². The molecule has 13 heavy (non-hydrogen) atoms. The Labute approximate surface area is 79.5 Å². The Hall–Kier alpha value is -0.610. The van der Waals surface area contributed by atoms with Gasteiger partial charge >= 0.3 is 0 Å². The van der Waals surface area contributed by atoms with Crippen LogP contribution >= 0.6 is 0 Å². The highest BCUT2D eigenvalue weighted by Crippen LogP contribution is 1.96. The Morgan fingerprint density at radius 2 is 2.15 bits per heavy atom. The zero-order valence-electron chi connectivity index (χ0n) is 8.45. The summed E-state index contributed by atoms with van der Waals surface area (Å²) in [6.07, 6.45) is 1.31. The van der Waals surface area contributed by atoms with Gasteiger partial charge in [0, 0.05) is 20.2 Å².